The Balaban J connectivity index is 1.82. The molecule has 1 fully saturated rings. The van der Waals surface area contributed by atoms with Crippen LogP contribution in [0.1, 0.15) is 19.0 Å². The minimum atomic E-state index is -0.537. The fourth-order valence-corrected chi connectivity index (χ4v) is 3.47. The van der Waals surface area contributed by atoms with Gasteiger partial charge in [0.1, 0.15) is 11.9 Å². The summed E-state index contributed by atoms with van der Waals surface area (Å²) < 4.78 is 0. The molecule has 8 nitrogen and oxygen atoms in total. The molecular formula is C18H23N5O3. The lowest BCUT2D eigenvalue weighted by atomic mass is 10.0. The van der Waals surface area contributed by atoms with E-state index in [1.165, 1.54) is 11.9 Å². The number of amides is 4. The molecule has 0 aliphatic carbocycles. The first-order chi connectivity index (χ1) is 12.5. The minimum absolute atomic E-state index is 0.269. The Bertz CT molecular complexity index is 748. The second kappa shape index (κ2) is 7.15. The number of pyridine rings is 1. The van der Waals surface area contributed by atoms with Crippen molar-refractivity contribution in [2.75, 3.05) is 20.6 Å². The molecule has 0 saturated carbocycles. The van der Waals surface area contributed by atoms with Crippen molar-refractivity contribution in [1.29, 1.82) is 0 Å². The highest BCUT2D eigenvalue weighted by molar-refractivity contribution is 6.02. The summed E-state index contributed by atoms with van der Waals surface area (Å²) in [6.07, 6.45) is 3.68. The maximum atomic E-state index is 12.7. The number of carbonyl (C=O) groups excluding carboxylic acids is 3. The Morgan fingerprint density at radius 2 is 2.04 bits per heavy atom. The molecule has 2 unspecified atom stereocenters. The first-order valence-corrected chi connectivity index (χ1v) is 8.66. The lowest BCUT2D eigenvalue weighted by Crippen LogP contribution is -2.62. The van der Waals surface area contributed by atoms with Gasteiger partial charge in [0, 0.05) is 26.8 Å². The maximum absolute atomic E-state index is 12.7. The number of aromatic nitrogens is 1. The highest BCUT2D eigenvalue weighted by atomic mass is 16.2. The number of nitrogens with zero attached hydrogens (tertiary/aromatic N) is 4. The van der Waals surface area contributed by atoms with E-state index in [1.54, 1.807) is 19.3 Å². The molecule has 0 radical (unpaired) electrons. The molecule has 2 aliphatic heterocycles. The third kappa shape index (κ3) is 3.02. The number of carbonyl (C=O) groups is 3. The Hall–Kier alpha value is -2.90. The van der Waals surface area contributed by atoms with E-state index in [4.69, 9.17) is 0 Å². The second-order valence-corrected chi connectivity index (χ2v) is 6.48. The Kier molecular flexibility index (Phi) is 4.92. The highest BCUT2D eigenvalue weighted by Crippen LogP contribution is 2.34. The highest BCUT2D eigenvalue weighted by Gasteiger charge is 2.50. The van der Waals surface area contributed by atoms with Gasteiger partial charge < -0.3 is 15.1 Å². The van der Waals surface area contributed by atoms with Crippen LogP contribution in [0.4, 0.5) is 4.79 Å². The van der Waals surface area contributed by atoms with Crippen molar-refractivity contribution in [1.82, 2.24) is 25.0 Å². The van der Waals surface area contributed by atoms with Crippen molar-refractivity contribution in [2.24, 2.45) is 5.92 Å². The normalized spacial score (nSPS) is 22.4. The van der Waals surface area contributed by atoms with Crippen LogP contribution < -0.4 is 5.32 Å². The molecule has 3 heterocycles. The third-order valence-electron chi connectivity index (χ3n) is 4.74. The zero-order chi connectivity index (χ0) is 18.8. The molecule has 26 heavy (non-hydrogen) atoms. The first kappa shape index (κ1) is 17.9. The van der Waals surface area contributed by atoms with Gasteiger partial charge in [0.2, 0.25) is 5.91 Å². The summed E-state index contributed by atoms with van der Waals surface area (Å²) in [5.41, 5.74) is 1.18. The Morgan fingerprint density at radius 1 is 1.27 bits per heavy atom. The van der Waals surface area contributed by atoms with Gasteiger partial charge in [0.05, 0.1) is 18.2 Å². The van der Waals surface area contributed by atoms with Crippen molar-refractivity contribution >= 4 is 17.8 Å². The first-order valence-electron chi connectivity index (χ1n) is 8.66. The van der Waals surface area contributed by atoms with Crippen molar-refractivity contribution in [3.05, 3.63) is 41.9 Å². The third-order valence-corrected chi connectivity index (χ3v) is 4.74. The average molecular weight is 357 g/mol. The van der Waals surface area contributed by atoms with Gasteiger partial charge in [-0.3, -0.25) is 19.5 Å². The van der Waals surface area contributed by atoms with Crippen molar-refractivity contribution in [3.63, 3.8) is 0 Å². The standard InChI is InChI=1S/C18H23N5O3/c1-4-9-23-14(15(24)20-11-12-7-5-6-8-19-12)10-13-16(23)21(2)18(26)22(3)17(13)25/h5-8,10,13,16H,4,9,11H2,1-3H3,(H,20,24). The molecule has 3 rings (SSSR count). The number of rotatable bonds is 5. The number of hydrogen-bond donors (Lipinski definition) is 1. The molecule has 8 heteroatoms. The summed E-state index contributed by atoms with van der Waals surface area (Å²) in [5.74, 6) is -1.09. The van der Waals surface area contributed by atoms with Gasteiger partial charge in [-0.1, -0.05) is 13.0 Å². The van der Waals surface area contributed by atoms with Crippen LogP contribution in [0.2, 0.25) is 0 Å². The Labute approximate surface area is 152 Å². The van der Waals surface area contributed by atoms with E-state index in [0.717, 1.165) is 17.0 Å². The van der Waals surface area contributed by atoms with E-state index < -0.39 is 12.1 Å². The molecule has 2 atom stereocenters. The predicted octanol–water partition coefficient (Wildman–Crippen LogP) is 0.773. The number of nitrogens with one attached hydrogen (secondary N) is 1. The summed E-state index contributed by atoms with van der Waals surface area (Å²) in [6, 6.07) is 5.14. The van der Waals surface area contributed by atoms with Gasteiger partial charge in [-0.15, -0.1) is 0 Å². The molecule has 1 aromatic heterocycles. The fourth-order valence-electron chi connectivity index (χ4n) is 3.47. The molecule has 0 spiro atoms. The molecule has 138 valence electrons. The fraction of sp³-hybridized carbons (Fsp3) is 0.444. The van der Waals surface area contributed by atoms with Crippen LogP contribution in [0.5, 0.6) is 0 Å². The second-order valence-electron chi connectivity index (χ2n) is 6.48. The quantitative estimate of drug-likeness (QED) is 0.841. The van der Waals surface area contributed by atoms with Gasteiger partial charge in [0.25, 0.3) is 5.91 Å². The number of fused-ring (bicyclic) bond motifs is 1. The average Bonchev–Trinajstić information content (AvgIpc) is 3.03. The monoisotopic (exact) mass is 357 g/mol. The molecule has 1 aromatic rings. The van der Waals surface area contributed by atoms with E-state index in [1.807, 2.05) is 30.0 Å². The largest absolute Gasteiger partial charge is 0.346 e. The predicted molar refractivity (Wildman–Crippen MR) is 94.4 cm³/mol. The van der Waals surface area contributed by atoms with E-state index in [2.05, 4.69) is 10.3 Å². The van der Waals surface area contributed by atoms with Crippen LogP contribution in [-0.2, 0) is 16.1 Å². The molecular weight excluding hydrogens is 334 g/mol. The molecule has 1 N–H and O–H groups in total. The summed E-state index contributed by atoms with van der Waals surface area (Å²) in [5, 5.41) is 2.85. The van der Waals surface area contributed by atoms with Crippen LogP contribution in [0.3, 0.4) is 0 Å². The van der Waals surface area contributed by atoms with Gasteiger partial charge in [-0.2, -0.15) is 0 Å². The van der Waals surface area contributed by atoms with E-state index in [9.17, 15) is 14.4 Å². The van der Waals surface area contributed by atoms with Gasteiger partial charge in [-0.05, 0) is 24.6 Å². The van der Waals surface area contributed by atoms with Gasteiger partial charge in [0.15, 0.2) is 0 Å². The number of urea groups is 1. The summed E-state index contributed by atoms with van der Waals surface area (Å²) in [4.78, 5) is 46.2. The SMILES string of the molecule is CCCN1C(C(=O)NCc2ccccn2)=CC2C(=O)N(C)C(=O)N(C)C21. The molecule has 2 aliphatic rings. The molecule has 0 aromatic carbocycles. The van der Waals surface area contributed by atoms with E-state index >= 15 is 0 Å². The van der Waals surface area contributed by atoms with Crippen molar-refractivity contribution in [2.45, 2.75) is 26.1 Å². The van der Waals surface area contributed by atoms with Crippen LogP contribution in [0.15, 0.2) is 36.2 Å². The minimum Gasteiger partial charge on any atom is -0.346 e. The smallest absolute Gasteiger partial charge is 0.327 e. The summed E-state index contributed by atoms with van der Waals surface area (Å²) >= 11 is 0. The lowest BCUT2D eigenvalue weighted by molar-refractivity contribution is -0.137. The topological polar surface area (TPSA) is 85.9 Å². The van der Waals surface area contributed by atoms with Crippen LogP contribution in [-0.4, -0.2) is 64.3 Å². The molecule has 1 saturated heterocycles. The van der Waals surface area contributed by atoms with Crippen LogP contribution in [0, 0.1) is 5.92 Å². The summed E-state index contributed by atoms with van der Waals surface area (Å²) in [7, 11) is 3.13. The zero-order valence-corrected chi connectivity index (χ0v) is 15.2. The van der Waals surface area contributed by atoms with Crippen LogP contribution >= 0.6 is 0 Å². The van der Waals surface area contributed by atoms with E-state index in [-0.39, 0.29) is 17.8 Å². The maximum Gasteiger partial charge on any atom is 0.327 e. The van der Waals surface area contributed by atoms with Crippen molar-refractivity contribution < 1.29 is 14.4 Å². The summed E-state index contributed by atoms with van der Waals surface area (Å²) in [6.45, 7) is 2.88. The van der Waals surface area contributed by atoms with Gasteiger partial charge >= 0.3 is 6.03 Å². The zero-order valence-electron chi connectivity index (χ0n) is 15.2. The Morgan fingerprint density at radius 3 is 2.69 bits per heavy atom. The van der Waals surface area contributed by atoms with E-state index in [0.29, 0.717) is 18.8 Å². The number of imide groups is 1. The molecule has 4 amide bonds. The number of hydrogen-bond acceptors (Lipinski definition) is 5. The van der Waals surface area contributed by atoms with Crippen molar-refractivity contribution in [3.8, 4) is 0 Å². The van der Waals surface area contributed by atoms with Gasteiger partial charge in [-0.25, -0.2) is 4.79 Å². The van der Waals surface area contributed by atoms with Crippen LogP contribution in [0.25, 0.3) is 0 Å². The molecule has 0 bridgehead atoms. The lowest BCUT2D eigenvalue weighted by Gasteiger charge is -2.43.